The Morgan fingerprint density at radius 2 is 1.66 bits per heavy atom. The van der Waals surface area contributed by atoms with Crippen LogP contribution >= 0.6 is 0 Å². The van der Waals surface area contributed by atoms with E-state index in [1.165, 1.54) is 5.56 Å². The van der Waals surface area contributed by atoms with Crippen molar-refractivity contribution in [3.63, 3.8) is 0 Å². The highest BCUT2D eigenvalue weighted by atomic mass is 16.5. The second-order valence-corrected chi connectivity index (χ2v) is 8.49. The fraction of sp³-hybridized carbons (Fsp3) is 0.250. The van der Waals surface area contributed by atoms with Crippen LogP contribution < -0.4 is 20.3 Å². The molecule has 7 heteroatoms. The molecule has 1 fully saturated rings. The molecule has 0 unspecified atom stereocenters. The second kappa shape index (κ2) is 11.3. The standard InChI is InChI=1S/C28H29N3O4/c1-2-20-8-10-23(11-9-20)30-26(32)19-35-25-14-12-24(13-15-25)31-18-22(16-27(31)33)28(34)29-17-21-6-4-3-5-7-21/h3-15,22H,2,16-19H2,1H3,(H,29,34)(H,30,32)/t22-/m1/s1. The van der Waals surface area contributed by atoms with Gasteiger partial charge in [-0.3, -0.25) is 14.4 Å². The van der Waals surface area contributed by atoms with E-state index < -0.39 is 5.92 Å². The maximum atomic E-state index is 12.6. The number of carbonyl (C=O) groups is 3. The van der Waals surface area contributed by atoms with Gasteiger partial charge < -0.3 is 20.3 Å². The first-order valence-electron chi connectivity index (χ1n) is 11.8. The van der Waals surface area contributed by atoms with Gasteiger partial charge in [-0.05, 0) is 53.9 Å². The summed E-state index contributed by atoms with van der Waals surface area (Å²) in [6.07, 6.45) is 1.12. The quantitative estimate of drug-likeness (QED) is 0.495. The minimum absolute atomic E-state index is 0.0907. The first-order valence-corrected chi connectivity index (χ1v) is 11.8. The van der Waals surface area contributed by atoms with Crippen LogP contribution in [0.2, 0.25) is 0 Å². The molecule has 0 spiro atoms. The highest BCUT2D eigenvalue weighted by molar-refractivity contribution is 6.00. The fourth-order valence-electron chi connectivity index (χ4n) is 3.95. The van der Waals surface area contributed by atoms with Gasteiger partial charge in [-0.2, -0.15) is 0 Å². The number of rotatable bonds is 9. The molecular formula is C28H29N3O4. The van der Waals surface area contributed by atoms with Crippen molar-refractivity contribution in [2.24, 2.45) is 5.92 Å². The molecule has 7 nitrogen and oxygen atoms in total. The van der Waals surface area contributed by atoms with Crippen LogP contribution in [0.4, 0.5) is 11.4 Å². The van der Waals surface area contributed by atoms with Crippen LogP contribution in [-0.4, -0.2) is 30.9 Å². The number of hydrogen-bond donors (Lipinski definition) is 2. The van der Waals surface area contributed by atoms with Gasteiger partial charge in [0.2, 0.25) is 11.8 Å². The average molecular weight is 472 g/mol. The summed E-state index contributed by atoms with van der Waals surface area (Å²) in [6.45, 7) is 2.72. The van der Waals surface area contributed by atoms with Crippen LogP contribution in [0.15, 0.2) is 78.9 Å². The Labute approximate surface area is 205 Å². The molecule has 0 aromatic heterocycles. The normalized spacial score (nSPS) is 15.1. The van der Waals surface area contributed by atoms with Crippen molar-refractivity contribution in [1.82, 2.24) is 5.32 Å². The molecule has 180 valence electrons. The van der Waals surface area contributed by atoms with Gasteiger partial charge in [0.05, 0.1) is 5.92 Å². The first-order chi connectivity index (χ1) is 17.0. The average Bonchev–Trinajstić information content (AvgIpc) is 3.29. The van der Waals surface area contributed by atoms with Crippen molar-refractivity contribution >= 4 is 29.1 Å². The van der Waals surface area contributed by atoms with Crippen LogP contribution in [0.5, 0.6) is 5.75 Å². The van der Waals surface area contributed by atoms with Crippen molar-refractivity contribution in [2.45, 2.75) is 26.3 Å². The number of nitrogens with one attached hydrogen (secondary N) is 2. The smallest absolute Gasteiger partial charge is 0.262 e. The molecule has 3 aromatic carbocycles. The molecule has 2 N–H and O–H groups in total. The van der Waals surface area contributed by atoms with Crippen molar-refractivity contribution < 1.29 is 19.1 Å². The van der Waals surface area contributed by atoms with Gasteiger partial charge in [-0.1, -0.05) is 49.4 Å². The van der Waals surface area contributed by atoms with E-state index in [4.69, 9.17) is 4.74 Å². The van der Waals surface area contributed by atoms with E-state index in [1.807, 2.05) is 54.6 Å². The largest absolute Gasteiger partial charge is 0.484 e. The van der Waals surface area contributed by atoms with Gasteiger partial charge >= 0.3 is 0 Å². The van der Waals surface area contributed by atoms with Crippen molar-refractivity contribution in [3.05, 3.63) is 90.0 Å². The van der Waals surface area contributed by atoms with Crippen LogP contribution in [0, 0.1) is 5.92 Å². The Morgan fingerprint density at radius 3 is 2.34 bits per heavy atom. The zero-order valence-corrected chi connectivity index (χ0v) is 19.7. The van der Waals surface area contributed by atoms with Gasteiger partial charge in [0, 0.05) is 30.9 Å². The lowest BCUT2D eigenvalue weighted by atomic mass is 10.1. The van der Waals surface area contributed by atoms with E-state index >= 15 is 0 Å². The predicted molar refractivity (Wildman–Crippen MR) is 135 cm³/mol. The molecule has 0 bridgehead atoms. The summed E-state index contributed by atoms with van der Waals surface area (Å²) in [5.74, 6) is -0.337. The lowest BCUT2D eigenvalue weighted by Crippen LogP contribution is -2.32. The maximum Gasteiger partial charge on any atom is 0.262 e. The lowest BCUT2D eigenvalue weighted by Gasteiger charge is -2.17. The number of benzene rings is 3. The number of anilines is 2. The van der Waals surface area contributed by atoms with Crippen LogP contribution in [0.1, 0.15) is 24.5 Å². The Hall–Kier alpha value is -4.13. The zero-order chi connectivity index (χ0) is 24.6. The summed E-state index contributed by atoms with van der Waals surface area (Å²) in [5.41, 5.74) is 3.64. The van der Waals surface area contributed by atoms with E-state index in [1.54, 1.807) is 29.2 Å². The number of carbonyl (C=O) groups excluding carboxylic acids is 3. The second-order valence-electron chi connectivity index (χ2n) is 8.49. The molecule has 3 amide bonds. The third-order valence-electron chi connectivity index (χ3n) is 5.97. The molecular weight excluding hydrogens is 442 g/mol. The van der Waals surface area contributed by atoms with Crippen molar-refractivity contribution in [2.75, 3.05) is 23.4 Å². The van der Waals surface area contributed by atoms with Crippen LogP contribution in [0.25, 0.3) is 0 Å². The SMILES string of the molecule is CCc1ccc(NC(=O)COc2ccc(N3C[C@H](C(=O)NCc4ccccc4)CC3=O)cc2)cc1. The zero-order valence-electron chi connectivity index (χ0n) is 19.7. The maximum absolute atomic E-state index is 12.6. The van der Waals surface area contributed by atoms with Gasteiger partial charge in [-0.15, -0.1) is 0 Å². The molecule has 1 atom stereocenters. The molecule has 0 radical (unpaired) electrons. The molecule has 1 saturated heterocycles. The van der Waals surface area contributed by atoms with Crippen molar-refractivity contribution in [3.8, 4) is 5.75 Å². The van der Waals surface area contributed by atoms with Crippen LogP contribution in [0.3, 0.4) is 0 Å². The Balaban J connectivity index is 1.25. The van der Waals surface area contributed by atoms with E-state index in [0.717, 1.165) is 17.7 Å². The number of amides is 3. The molecule has 35 heavy (non-hydrogen) atoms. The molecule has 0 saturated carbocycles. The predicted octanol–water partition coefficient (Wildman–Crippen LogP) is 3.94. The van der Waals surface area contributed by atoms with Gasteiger partial charge in [0.15, 0.2) is 6.61 Å². The topological polar surface area (TPSA) is 87.7 Å². The third-order valence-corrected chi connectivity index (χ3v) is 5.97. The summed E-state index contributed by atoms with van der Waals surface area (Å²) in [5, 5.41) is 5.72. The Kier molecular flexibility index (Phi) is 7.77. The van der Waals surface area contributed by atoms with Crippen LogP contribution in [-0.2, 0) is 27.3 Å². The molecule has 1 aliphatic heterocycles. The molecule has 1 heterocycles. The summed E-state index contributed by atoms with van der Waals surface area (Å²) in [4.78, 5) is 38.9. The fourth-order valence-corrected chi connectivity index (χ4v) is 3.95. The summed E-state index contributed by atoms with van der Waals surface area (Å²) in [6, 6.07) is 24.3. The summed E-state index contributed by atoms with van der Waals surface area (Å²) in [7, 11) is 0. The number of nitrogens with zero attached hydrogens (tertiary/aromatic N) is 1. The minimum Gasteiger partial charge on any atom is -0.484 e. The Bertz CT molecular complexity index is 1160. The Morgan fingerprint density at radius 1 is 0.943 bits per heavy atom. The summed E-state index contributed by atoms with van der Waals surface area (Å²) < 4.78 is 5.58. The third kappa shape index (κ3) is 6.47. The van der Waals surface area contributed by atoms with Gasteiger partial charge in [0.25, 0.3) is 5.91 Å². The summed E-state index contributed by atoms with van der Waals surface area (Å²) >= 11 is 0. The highest BCUT2D eigenvalue weighted by Gasteiger charge is 2.35. The van der Waals surface area contributed by atoms with Gasteiger partial charge in [0.1, 0.15) is 5.75 Å². The highest BCUT2D eigenvalue weighted by Crippen LogP contribution is 2.27. The molecule has 1 aliphatic rings. The monoisotopic (exact) mass is 471 g/mol. The number of ether oxygens (including phenoxy) is 1. The van der Waals surface area contributed by atoms with E-state index in [9.17, 15) is 14.4 Å². The van der Waals surface area contributed by atoms with Crippen molar-refractivity contribution in [1.29, 1.82) is 0 Å². The van der Waals surface area contributed by atoms with E-state index in [0.29, 0.717) is 24.5 Å². The molecule has 4 rings (SSSR count). The number of hydrogen-bond acceptors (Lipinski definition) is 4. The van der Waals surface area contributed by atoms with E-state index in [2.05, 4.69) is 17.6 Å². The molecule has 3 aromatic rings. The first kappa shape index (κ1) is 24.0. The minimum atomic E-state index is -0.391. The van der Waals surface area contributed by atoms with Gasteiger partial charge in [-0.25, -0.2) is 0 Å². The van der Waals surface area contributed by atoms with E-state index in [-0.39, 0.29) is 30.7 Å². The lowest BCUT2D eigenvalue weighted by molar-refractivity contribution is -0.126. The molecule has 0 aliphatic carbocycles. The number of aryl methyl sites for hydroxylation is 1.